The van der Waals surface area contributed by atoms with Gasteiger partial charge in [0.2, 0.25) is 11.8 Å². The van der Waals surface area contributed by atoms with Crippen LogP contribution in [-0.2, 0) is 27.4 Å². The molecule has 0 radical (unpaired) electrons. The summed E-state index contributed by atoms with van der Waals surface area (Å²) < 4.78 is 5.70. The normalized spacial score (nSPS) is 32.1. The quantitative estimate of drug-likeness (QED) is 0.605. The summed E-state index contributed by atoms with van der Waals surface area (Å²) in [5, 5.41) is 9.28. The Kier molecular flexibility index (Phi) is 3.99. The molecule has 4 atom stereocenters. The average Bonchev–Trinajstić information content (AvgIpc) is 3.28. The Morgan fingerprint density at radius 1 is 1.26 bits per heavy atom. The molecule has 2 saturated heterocycles. The average molecular weight is 370 g/mol. The van der Waals surface area contributed by atoms with Gasteiger partial charge in [-0.15, -0.1) is 0 Å². The van der Waals surface area contributed by atoms with E-state index in [-0.39, 0.29) is 30.2 Å². The number of amides is 3. The lowest BCUT2D eigenvalue weighted by Crippen LogP contribution is -2.52. The van der Waals surface area contributed by atoms with E-state index in [1.54, 1.807) is 4.90 Å². The van der Waals surface area contributed by atoms with Gasteiger partial charge in [-0.3, -0.25) is 19.7 Å². The zero-order valence-electron chi connectivity index (χ0n) is 14.9. The Balaban J connectivity index is 1.25. The van der Waals surface area contributed by atoms with Crippen LogP contribution in [0.25, 0.3) is 0 Å². The van der Waals surface area contributed by atoms with Crippen molar-refractivity contribution in [3.05, 3.63) is 34.9 Å². The monoisotopic (exact) mass is 370 g/mol. The number of carbonyl (C=O) groups excluding carboxylic acids is 3. The van der Waals surface area contributed by atoms with Gasteiger partial charge < -0.3 is 20.3 Å². The molecular formula is C19H22N4O4. The lowest BCUT2D eigenvalue weighted by Gasteiger charge is -2.29. The van der Waals surface area contributed by atoms with Gasteiger partial charge in [0.15, 0.2) is 0 Å². The van der Waals surface area contributed by atoms with E-state index in [4.69, 9.17) is 4.74 Å². The van der Waals surface area contributed by atoms with Crippen LogP contribution in [0.4, 0.5) is 0 Å². The van der Waals surface area contributed by atoms with Gasteiger partial charge in [0.1, 0.15) is 6.04 Å². The zero-order valence-corrected chi connectivity index (χ0v) is 14.9. The first kappa shape index (κ1) is 16.9. The minimum Gasteiger partial charge on any atom is -0.374 e. The van der Waals surface area contributed by atoms with Crippen LogP contribution in [0.5, 0.6) is 0 Å². The molecule has 0 spiro atoms. The van der Waals surface area contributed by atoms with Crippen molar-refractivity contribution in [2.45, 2.75) is 50.2 Å². The van der Waals surface area contributed by atoms with Crippen molar-refractivity contribution in [3.63, 3.8) is 0 Å². The Morgan fingerprint density at radius 2 is 2.15 bits per heavy atom. The Morgan fingerprint density at radius 3 is 2.93 bits per heavy atom. The van der Waals surface area contributed by atoms with E-state index < -0.39 is 6.04 Å². The lowest BCUT2D eigenvalue weighted by molar-refractivity contribution is -0.136. The number of imide groups is 1. The minimum atomic E-state index is -0.568. The van der Waals surface area contributed by atoms with E-state index in [0.29, 0.717) is 37.2 Å². The number of benzene rings is 1. The van der Waals surface area contributed by atoms with E-state index in [1.165, 1.54) is 0 Å². The minimum absolute atomic E-state index is 0.134. The van der Waals surface area contributed by atoms with Gasteiger partial charge in [-0.2, -0.15) is 0 Å². The third-order valence-corrected chi connectivity index (χ3v) is 5.88. The number of ether oxygens (including phenoxy) is 1. The van der Waals surface area contributed by atoms with Gasteiger partial charge in [0, 0.05) is 31.6 Å². The summed E-state index contributed by atoms with van der Waals surface area (Å²) in [6.07, 6.45) is 0.916. The smallest absolute Gasteiger partial charge is 0.255 e. The van der Waals surface area contributed by atoms with Crippen molar-refractivity contribution in [3.8, 4) is 0 Å². The van der Waals surface area contributed by atoms with Crippen LogP contribution in [-0.4, -0.2) is 60.0 Å². The summed E-state index contributed by atoms with van der Waals surface area (Å²) in [6, 6.07) is 6.00. The Hall–Kier alpha value is -2.29. The third kappa shape index (κ3) is 2.93. The van der Waals surface area contributed by atoms with Gasteiger partial charge in [-0.05, 0) is 23.6 Å². The molecule has 3 heterocycles. The van der Waals surface area contributed by atoms with Gasteiger partial charge >= 0.3 is 0 Å². The summed E-state index contributed by atoms with van der Waals surface area (Å²) in [5.74, 6) is -0.782. The molecule has 8 nitrogen and oxygen atoms in total. The summed E-state index contributed by atoms with van der Waals surface area (Å²) in [7, 11) is 0. The SMILES string of the molecule is O=C1CCC(N2Cc3cc(CNC4C5NCCOC54)ccc3C2=O)C(=O)N1. The molecule has 142 valence electrons. The van der Waals surface area contributed by atoms with Crippen molar-refractivity contribution in [2.75, 3.05) is 13.2 Å². The molecule has 1 saturated carbocycles. The fraction of sp³-hybridized carbons (Fsp3) is 0.526. The second kappa shape index (κ2) is 6.40. The highest BCUT2D eigenvalue weighted by Gasteiger charge is 2.52. The van der Waals surface area contributed by atoms with Crippen molar-refractivity contribution >= 4 is 17.7 Å². The first-order chi connectivity index (χ1) is 13.1. The number of morpholine rings is 1. The Labute approximate surface area is 156 Å². The summed E-state index contributed by atoms with van der Waals surface area (Å²) in [6.45, 7) is 2.78. The van der Waals surface area contributed by atoms with Crippen molar-refractivity contribution in [2.24, 2.45) is 0 Å². The molecule has 4 unspecified atom stereocenters. The number of piperidine rings is 1. The van der Waals surface area contributed by atoms with Crippen molar-refractivity contribution in [1.29, 1.82) is 0 Å². The Bertz CT molecular complexity index is 814. The molecule has 5 rings (SSSR count). The number of nitrogens with one attached hydrogen (secondary N) is 3. The van der Waals surface area contributed by atoms with Gasteiger partial charge in [0.05, 0.1) is 24.8 Å². The van der Waals surface area contributed by atoms with Crippen LogP contribution in [0, 0.1) is 0 Å². The van der Waals surface area contributed by atoms with E-state index in [2.05, 4.69) is 16.0 Å². The molecule has 1 aliphatic carbocycles. The first-order valence-corrected chi connectivity index (χ1v) is 9.46. The molecule has 3 aliphatic heterocycles. The van der Waals surface area contributed by atoms with Crippen LogP contribution >= 0.6 is 0 Å². The number of fused-ring (bicyclic) bond motifs is 2. The standard InChI is InChI=1S/C19H22N4O4/c24-14-4-3-13(18(25)22-14)23-9-11-7-10(1-2-12(11)19(23)26)8-21-16-15-17(16)27-6-5-20-15/h1-2,7,13,15-17,20-21H,3-6,8-9H2,(H,22,24,25). The second-order valence-electron chi connectivity index (χ2n) is 7.61. The van der Waals surface area contributed by atoms with Gasteiger partial charge in [0.25, 0.3) is 5.91 Å². The van der Waals surface area contributed by atoms with Gasteiger partial charge in [-0.25, -0.2) is 0 Å². The molecule has 0 aromatic heterocycles. The van der Waals surface area contributed by atoms with E-state index in [0.717, 1.165) is 24.3 Å². The fourth-order valence-electron chi connectivity index (χ4n) is 4.37. The highest BCUT2D eigenvalue weighted by molar-refractivity contribution is 6.05. The predicted octanol–water partition coefficient (Wildman–Crippen LogP) is -0.724. The van der Waals surface area contributed by atoms with Gasteiger partial charge in [-0.1, -0.05) is 12.1 Å². The highest BCUT2D eigenvalue weighted by Crippen LogP contribution is 2.30. The maximum Gasteiger partial charge on any atom is 0.255 e. The molecule has 1 aromatic carbocycles. The molecule has 3 amide bonds. The third-order valence-electron chi connectivity index (χ3n) is 5.88. The summed E-state index contributed by atoms with van der Waals surface area (Å²) in [5.41, 5.74) is 2.69. The van der Waals surface area contributed by atoms with Crippen LogP contribution < -0.4 is 16.0 Å². The topological polar surface area (TPSA) is 99.8 Å². The lowest BCUT2D eigenvalue weighted by atomic mass is 10.0. The van der Waals surface area contributed by atoms with E-state index in [9.17, 15) is 14.4 Å². The second-order valence-corrected chi connectivity index (χ2v) is 7.61. The highest BCUT2D eigenvalue weighted by atomic mass is 16.5. The summed E-state index contributed by atoms with van der Waals surface area (Å²) in [4.78, 5) is 37.7. The predicted molar refractivity (Wildman–Crippen MR) is 94.6 cm³/mol. The largest absolute Gasteiger partial charge is 0.374 e. The van der Waals surface area contributed by atoms with Crippen molar-refractivity contribution < 1.29 is 19.1 Å². The fourth-order valence-corrected chi connectivity index (χ4v) is 4.37. The molecule has 0 bridgehead atoms. The maximum atomic E-state index is 12.7. The zero-order chi connectivity index (χ0) is 18.5. The number of hydrogen-bond acceptors (Lipinski definition) is 6. The first-order valence-electron chi connectivity index (χ1n) is 9.46. The number of nitrogens with zero attached hydrogens (tertiary/aromatic N) is 1. The summed E-state index contributed by atoms with van der Waals surface area (Å²) >= 11 is 0. The molecule has 3 fully saturated rings. The molecule has 27 heavy (non-hydrogen) atoms. The van der Waals surface area contributed by atoms with E-state index in [1.807, 2.05) is 18.2 Å². The maximum absolute atomic E-state index is 12.7. The van der Waals surface area contributed by atoms with Crippen LogP contribution in [0.15, 0.2) is 18.2 Å². The van der Waals surface area contributed by atoms with Crippen LogP contribution in [0.2, 0.25) is 0 Å². The number of hydrogen-bond donors (Lipinski definition) is 3. The molecule has 1 aromatic rings. The van der Waals surface area contributed by atoms with Crippen LogP contribution in [0.3, 0.4) is 0 Å². The van der Waals surface area contributed by atoms with Crippen LogP contribution in [0.1, 0.15) is 34.3 Å². The molecular weight excluding hydrogens is 348 g/mol. The number of carbonyl (C=O) groups is 3. The van der Waals surface area contributed by atoms with E-state index >= 15 is 0 Å². The molecule has 8 heteroatoms. The molecule has 3 N–H and O–H groups in total. The number of rotatable bonds is 4. The van der Waals surface area contributed by atoms with Crippen molar-refractivity contribution in [1.82, 2.24) is 20.9 Å². The molecule has 4 aliphatic rings.